The fourth-order valence-electron chi connectivity index (χ4n) is 1.61. The fourth-order valence-corrected chi connectivity index (χ4v) is 1.61. The third-order valence-corrected chi connectivity index (χ3v) is 2.30. The van der Waals surface area contributed by atoms with Gasteiger partial charge in [0.25, 0.3) is 0 Å². The van der Waals surface area contributed by atoms with E-state index in [9.17, 15) is 5.21 Å². The van der Waals surface area contributed by atoms with Crippen molar-refractivity contribution in [1.82, 2.24) is 5.06 Å². The molecule has 0 aromatic rings. The van der Waals surface area contributed by atoms with Gasteiger partial charge >= 0.3 is 0 Å². The number of rotatable bonds is 0. The number of nitrogens with zero attached hydrogens (tertiary/aromatic N) is 1. The van der Waals surface area contributed by atoms with Crippen LogP contribution in [0.1, 0.15) is 12.8 Å². The maximum absolute atomic E-state index is 10.8. The summed E-state index contributed by atoms with van der Waals surface area (Å²) in [6, 6.07) is 0. The van der Waals surface area contributed by atoms with Crippen LogP contribution in [0.4, 0.5) is 0 Å². The number of piperidine rings is 1. The van der Waals surface area contributed by atoms with Crippen LogP contribution in [-0.4, -0.2) is 37.2 Å². The molecule has 4 nitrogen and oxygen atoms in total. The maximum Gasteiger partial charge on any atom is 0.170 e. The Hall–Kier alpha value is -0.160. The van der Waals surface area contributed by atoms with Gasteiger partial charge in [-0.25, -0.2) is 0 Å². The molecule has 1 spiro atoms. The molecule has 2 fully saturated rings. The molecule has 0 aromatic heterocycles. The van der Waals surface area contributed by atoms with Crippen molar-refractivity contribution in [3.05, 3.63) is 5.21 Å². The summed E-state index contributed by atoms with van der Waals surface area (Å²) in [6.45, 7) is 2.44. The molecule has 0 radical (unpaired) electrons. The first-order chi connectivity index (χ1) is 5.31. The monoisotopic (exact) mass is 158 g/mol. The third kappa shape index (κ3) is 1.39. The van der Waals surface area contributed by atoms with Crippen LogP contribution in [0.3, 0.4) is 0 Å². The standard InChI is InChI=1S/C7H12NO3/c9-8-3-1-7(2-4-8)10-5-6-11-7/h1-6H2/q-1. The van der Waals surface area contributed by atoms with Gasteiger partial charge in [-0.3, -0.25) is 0 Å². The quantitative estimate of drug-likeness (QED) is 0.509. The zero-order valence-electron chi connectivity index (χ0n) is 6.41. The first-order valence-corrected chi connectivity index (χ1v) is 4.01. The van der Waals surface area contributed by atoms with Gasteiger partial charge in [-0.1, -0.05) is 0 Å². The predicted octanol–water partition coefficient (Wildman–Crippen LogP) is 0.323. The normalized spacial score (nSPS) is 31.4. The second kappa shape index (κ2) is 2.71. The molecule has 0 unspecified atom stereocenters. The Bertz CT molecular complexity index is 135. The van der Waals surface area contributed by atoms with Gasteiger partial charge in [-0.15, -0.1) is 0 Å². The summed E-state index contributed by atoms with van der Waals surface area (Å²) in [5, 5.41) is 11.9. The summed E-state index contributed by atoms with van der Waals surface area (Å²) in [5.74, 6) is -0.388. The lowest BCUT2D eigenvalue weighted by Crippen LogP contribution is -2.42. The van der Waals surface area contributed by atoms with E-state index in [2.05, 4.69) is 0 Å². The molecule has 2 saturated heterocycles. The molecule has 64 valence electrons. The Kier molecular flexibility index (Phi) is 1.85. The first kappa shape index (κ1) is 7.49. The van der Waals surface area contributed by atoms with Crippen molar-refractivity contribution in [2.24, 2.45) is 0 Å². The molecule has 0 atom stereocenters. The molecule has 2 heterocycles. The largest absolute Gasteiger partial charge is 0.785 e. The lowest BCUT2D eigenvalue weighted by atomic mass is 10.1. The second-order valence-corrected chi connectivity index (χ2v) is 3.04. The van der Waals surface area contributed by atoms with Crippen molar-refractivity contribution in [2.75, 3.05) is 26.3 Å². The van der Waals surface area contributed by atoms with Crippen molar-refractivity contribution in [3.8, 4) is 0 Å². The molecule has 0 bridgehead atoms. The molecule has 4 heteroatoms. The Balaban J connectivity index is 1.94. The molecule has 0 N–H and O–H groups in total. The van der Waals surface area contributed by atoms with Gasteiger partial charge in [0, 0.05) is 12.8 Å². The van der Waals surface area contributed by atoms with E-state index in [1.54, 1.807) is 0 Å². The molecular weight excluding hydrogens is 146 g/mol. The highest BCUT2D eigenvalue weighted by molar-refractivity contribution is 4.82. The molecule has 0 saturated carbocycles. The third-order valence-electron chi connectivity index (χ3n) is 2.30. The van der Waals surface area contributed by atoms with E-state index in [4.69, 9.17) is 9.47 Å². The van der Waals surface area contributed by atoms with Crippen molar-refractivity contribution in [3.63, 3.8) is 0 Å². The topological polar surface area (TPSA) is 44.8 Å². The molecular formula is C7H12NO3-. The fraction of sp³-hybridized carbons (Fsp3) is 1.00. The van der Waals surface area contributed by atoms with Gasteiger partial charge < -0.3 is 19.7 Å². The van der Waals surface area contributed by atoms with E-state index in [1.165, 1.54) is 0 Å². The van der Waals surface area contributed by atoms with Crippen LogP contribution in [0.5, 0.6) is 0 Å². The minimum absolute atomic E-state index is 0.388. The second-order valence-electron chi connectivity index (χ2n) is 3.04. The van der Waals surface area contributed by atoms with E-state index in [1.807, 2.05) is 0 Å². The minimum Gasteiger partial charge on any atom is -0.785 e. The van der Waals surface area contributed by atoms with E-state index >= 15 is 0 Å². The first-order valence-electron chi connectivity index (χ1n) is 4.01. The van der Waals surface area contributed by atoms with Crippen LogP contribution in [0.2, 0.25) is 0 Å². The van der Waals surface area contributed by atoms with Crippen LogP contribution in [0, 0.1) is 5.21 Å². The van der Waals surface area contributed by atoms with Gasteiger partial charge in [-0.2, -0.15) is 0 Å². The van der Waals surface area contributed by atoms with Gasteiger partial charge in [0.15, 0.2) is 5.79 Å². The maximum atomic E-state index is 10.8. The summed E-state index contributed by atoms with van der Waals surface area (Å²) in [5.41, 5.74) is 0. The Morgan fingerprint density at radius 3 is 2.18 bits per heavy atom. The van der Waals surface area contributed by atoms with Gasteiger partial charge in [0.05, 0.1) is 13.2 Å². The Morgan fingerprint density at radius 1 is 1.09 bits per heavy atom. The highest BCUT2D eigenvalue weighted by Gasteiger charge is 2.37. The van der Waals surface area contributed by atoms with Crippen LogP contribution in [0.25, 0.3) is 0 Å². The van der Waals surface area contributed by atoms with Crippen molar-refractivity contribution in [1.29, 1.82) is 0 Å². The number of hydrogen-bond acceptors (Lipinski definition) is 4. The molecule has 0 amide bonds. The van der Waals surface area contributed by atoms with E-state index in [-0.39, 0.29) is 5.79 Å². The lowest BCUT2D eigenvalue weighted by Gasteiger charge is -2.40. The van der Waals surface area contributed by atoms with E-state index in [0.29, 0.717) is 26.3 Å². The zero-order valence-corrected chi connectivity index (χ0v) is 6.41. The molecule has 11 heavy (non-hydrogen) atoms. The SMILES string of the molecule is [O-]N1CCC2(CC1)OCCO2. The smallest absolute Gasteiger partial charge is 0.170 e. The van der Waals surface area contributed by atoms with Crippen LogP contribution in [0.15, 0.2) is 0 Å². The molecule has 0 aliphatic carbocycles. The van der Waals surface area contributed by atoms with Gasteiger partial charge in [0.2, 0.25) is 0 Å². The number of hydrogen-bond donors (Lipinski definition) is 0. The summed E-state index contributed by atoms with van der Waals surface area (Å²) in [6.07, 6.45) is 1.44. The van der Waals surface area contributed by atoms with Crippen LogP contribution >= 0.6 is 0 Å². The zero-order chi connectivity index (χ0) is 7.73. The van der Waals surface area contributed by atoms with Crippen LogP contribution in [-0.2, 0) is 9.47 Å². The summed E-state index contributed by atoms with van der Waals surface area (Å²) in [7, 11) is 0. The summed E-state index contributed by atoms with van der Waals surface area (Å²) >= 11 is 0. The average molecular weight is 158 g/mol. The molecule has 2 aliphatic heterocycles. The van der Waals surface area contributed by atoms with Crippen LogP contribution < -0.4 is 0 Å². The van der Waals surface area contributed by atoms with Crippen molar-refractivity contribution >= 4 is 0 Å². The average Bonchev–Trinajstić information content (AvgIpc) is 2.45. The molecule has 2 rings (SSSR count). The van der Waals surface area contributed by atoms with Gasteiger partial charge in [-0.05, 0) is 13.1 Å². The van der Waals surface area contributed by atoms with Crippen molar-refractivity contribution < 1.29 is 9.47 Å². The molecule has 2 aliphatic rings. The highest BCUT2D eigenvalue weighted by Crippen LogP contribution is 2.30. The molecule has 0 aromatic carbocycles. The summed E-state index contributed by atoms with van der Waals surface area (Å²) in [4.78, 5) is 0. The predicted molar refractivity (Wildman–Crippen MR) is 38.8 cm³/mol. The highest BCUT2D eigenvalue weighted by atomic mass is 16.7. The van der Waals surface area contributed by atoms with E-state index < -0.39 is 0 Å². The Morgan fingerprint density at radius 2 is 1.64 bits per heavy atom. The Labute approximate surface area is 65.7 Å². The number of ether oxygens (including phenoxy) is 2. The minimum atomic E-state index is -0.388. The van der Waals surface area contributed by atoms with E-state index in [0.717, 1.165) is 17.9 Å². The van der Waals surface area contributed by atoms with Crippen molar-refractivity contribution in [2.45, 2.75) is 18.6 Å². The lowest BCUT2D eigenvalue weighted by molar-refractivity contribution is -0.181. The van der Waals surface area contributed by atoms with Gasteiger partial charge in [0.1, 0.15) is 0 Å². The summed E-state index contributed by atoms with van der Waals surface area (Å²) < 4.78 is 10.9. The number of hydroxylamine groups is 2.